The molecule has 19 heavy (non-hydrogen) atoms. The smallest absolute Gasteiger partial charge is 0.169 e. The van der Waals surface area contributed by atoms with Crippen LogP contribution in [0.15, 0.2) is 18.2 Å². The number of nitrogens with zero attached hydrogens (tertiary/aromatic N) is 1. The lowest BCUT2D eigenvalue weighted by Crippen LogP contribution is -2.35. The molecule has 1 fully saturated rings. The number of methoxy groups -OCH3 is 1. The SMILES string of the molecule is COc1cccc(CN2CCCC(CCCl)C2)c1F. The van der Waals surface area contributed by atoms with Gasteiger partial charge in [0.05, 0.1) is 7.11 Å². The van der Waals surface area contributed by atoms with Gasteiger partial charge in [-0.15, -0.1) is 11.6 Å². The number of halogens is 2. The van der Waals surface area contributed by atoms with Crippen LogP contribution in [0.3, 0.4) is 0 Å². The van der Waals surface area contributed by atoms with E-state index >= 15 is 0 Å². The van der Waals surface area contributed by atoms with Crippen molar-refractivity contribution in [2.24, 2.45) is 5.92 Å². The summed E-state index contributed by atoms with van der Waals surface area (Å²) in [5.41, 5.74) is 0.714. The van der Waals surface area contributed by atoms with Gasteiger partial charge in [-0.3, -0.25) is 4.90 Å². The minimum atomic E-state index is -0.232. The molecule has 2 rings (SSSR count). The van der Waals surface area contributed by atoms with Gasteiger partial charge in [-0.1, -0.05) is 12.1 Å². The van der Waals surface area contributed by atoms with Crippen molar-refractivity contribution in [3.05, 3.63) is 29.6 Å². The van der Waals surface area contributed by atoms with Gasteiger partial charge in [-0.05, 0) is 37.8 Å². The van der Waals surface area contributed by atoms with E-state index in [4.69, 9.17) is 16.3 Å². The molecule has 1 aliphatic heterocycles. The second kappa shape index (κ2) is 7.11. The molecule has 0 N–H and O–H groups in total. The van der Waals surface area contributed by atoms with Crippen LogP contribution < -0.4 is 4.74 Å². The number of benzene rings is 1. The van der Waals surface area contributed by atoms with E-state index in [1.54, 1.807) is 6.07 Å². The molecule has 0 saturated carbocycles. The minimum absolute atomic E-state index is 0.232. The maximum atomic E-state index is 14.1. The average molecular weight is 286 g/mol. The Hall–Kier alpha value is -0.800. The van der Waals surface area contributed by atoms with Crippen LogP contribution in [0.2, 0.25) is 0 Å². The standard InChI is InChI=1S/C15H21ClFNO/c1-19-14-6-2-5-13(15(14)17)11-18-9-3-4-12(10-18)7-8-16/h2,5-6,12H,3-4,7-11H2,1H3. The molecule has 0 radical (unpaired) electrons. The second-order valence-corrected chi connectivity index (χ2v) is 5.53. The van der Waals surface area contributed by atoms with Crippen molar-refractivity contribution in [1.82, 2.24) is 4.90 Å². The number of piperidine rings is 1. The van der Waals surface area contributed by atoms with Crippen LogP contribution in [0.25, 0.3) is 0 Å². The van der Waals surface area contributed by atoms with Crippen LogP contribution >= 0.6 is 11.6 Å². The van der Waals surface area contributed by atoms with E-state index in [0.29, 0.717) is 29.7 Å². The van der Waals surface area contributed by atoms with E-state index in [-0.39, 0.29) is 5.82 Å². The van der Waals surface area contributed by atoms with Gasteiger partial charge in [0, 0.05) is 24.5 Å². The summed E-state index contributed by atoms with van der Waals surface area (Å²) in [6.07, 6.45) is 3.47. The molecule has 0 aromatic heterocycles. The second-order valence-electron chi connectivity index (χ2n) is 5.15. The molecule has 1 atom stereocenters. The molecule has 4 heteroatoms. The quantitative estimate of drug-likeness (QED) is 0.765. The highest BCUT2D eigenvalue weighted by Crippen LogP contribution is 2.25. The number of rotatable bonds is 5. The van der Waals surface area contributed by atoms with E-state index in [2.05, 4.69) is 4.90 Å². The molecule has 0 bridgehead atoms. The van der Waals surface area contributed by atoms with Gasteiger partial charge in [-0.2, -0.15) is 0 Å². The van der Waals surface area contributed by atoms with E-state index in [1.165, 1.54) is 20.0 Å². The average Bonchev–Trinajstić information content (AvgIpc) is 2.42. The molecule has 1 aliphatic rings. The summed E-state index contributed by atoms with van der Waals surface area (Å²) in [5, 5.41) is 0. The van der Waals surface area contributed by atoms with Gasteiger partial charge in [0.2, 0.25) is 0 Å². The van der Waals surface area contributed by atoms with E-state index in [0.717, 1.165) is 19.5 Å². The van der Waals surface area contributed by atoms with Gasteiger partial charge < -0.3 is 4.74 Å². The number of likely N-dealkylation sites (tertiary alicyclic amines) is 1. The van der Waals surface area contributed by atoms with Crippen LogP contribution in [0, 0.1) is 11.7 Å². The lowest BCUT2D eigenvalue weighted by molar-refractivity contribution is 0.163. The molecular weight excluding hydrogens is 265 g/mol. The van der Waals surface area contributed by atoms with E-state index < -0.39 is 0 Å². The monoisotopic (exact) mass is 285 g/mol. The molecule has 0 aliphatic carbocycles. The predicted molar refractivity (Wildman–Crippen MR) is 76.3 cm³/mol. The zero-order valence-corrected chi connectivity index (χ0v) is 12.1. The number of ether oxygens (including phenoxy) is 1. The molecular formula is C15H21ClFNO. The summed E-state index contributed by atoms with van der Waals surface area (Å²) in [6.45, 7) is 2.71. The highest BCUT2D eigenvalue weighted by molar-refractivity contribution is 6.17. The van der Waals surface area contributed by atoms with Gasteiger partial charge in [0.25, 0.3) is 0 Å². The first-order valence-corrected chi connectivity index (χ1v) is 7.37. The summed E-state index contributed by atoms with van der Waals surface area (Å²) < 4.78 is 19.1. The normalized spacial score (nSPS) is 20.5. The molecule has 0 spiro atoms. The summed E-state index contributed by atoms with van der Waals surface area (Å²) >= 11 is 5.81. The highest BCUT2D eigenvalue weighted by atomic mass is 35.5. The van der Waals surface area contributed by atoms with Crippen LogP contribution in [0.5, 0.6) is 5.75 Å². The first kappa shape index (κ1) is 14.6. The van der Waals surface area contributed by atoms with Crippen LogP contribution in [0.4, 0.5) is 4.39 Å². The Morgan fingerprint density at radius 1 is 1.47 bits per heavy atom. The molecule has 106 valence electrons. The largest absolute Gasteiger partial charge is 0.494 e. The lowest BCUT2D eigenvalue weighted by atomic mass is 9.95. The van der Waals surface area contributed by atoms with Gasteiger partial charge in [0.1, 0.15) is 0 Å². The zero-order valence-electron chi connectivity index (χ0n) is 11.4. The number of alkyl halides is 1. The van der Waals surface area contributed by atoms with E-state index in [9.17, 15) is 4.39 Å². The maximum Gasteiger partial charge on any atom is 0.169 e. The third-order valence-corrected chi connectivity index (χ3v) is 4.00. The third kappa shape index (κ3) is 3.83. The molecule has 1 aromatic rings. The summed E-state index contributed by atoms with van der Waals surface area (Å²) in [4.78, 5) is 2.32. The fourth-order valence-corrected chi connectivity index (χ4v) is 3.07. The Bertz CT molecular complexity index is 411. The number of hydrogen-bond acceptors (Lipinski definition) is 2. The Morgan fingerprint density at radius 2 is 2.32 bits per heavy atom. The fourth-order valence-electron chi connectivity index (χ4n) is 2.76. The van der Waals surface area contributed by atoms with Crippen molar-refractivity contribution >= 4 is 11.6 Å². The number of hydrogen-bond donors (Lipinski definition) is 0. The van der Waals surface area contributed by atoms with Crippen molar-refractivity contribution in [3.8, 4) is 5.75 Å². The molecule has 1 aromatic carbocycles. The van der Waals surface area contributed by atoms with Crippen molar-refractivity contribution in [3.63, 3.8) is 0 Å². The van der Waals surface area contributed by atoms with Crippen molar-refractivity contribution in [1.29, 1.82) is 0 Å². The molecule has 1 heterocycles. The molecule has 1 saturated heterocycles. The lowest BCUT2D eigenvalue weighted by Gasteiger charge is -2.32. The minimum Gasteiger partial charge on any atom is -0.494 e. The third-order valence-electron chi connectivity index (χ3n) is 3.78. The topological polar surface area (TPSA) is 12.5 Å². The van der Waals surface area contributed by atoms with Crippen LogP contribution in [-0.2, 0) is 6.54 Å². The van der Waals surface area contributed by atoms with Gasteiger partial charge >= 0.3 is 0 Å². The van der Waals surface area contributed by atoms with E-state index in [1.807, 2.05) is 12.1 Å². The van der Waals surface area contributed by atoms with Gasteiger partial charge in [0.15, 0.2) is 11.6 Å². The summed E-state index contributed by atoms with van der Waals surface area (Å²) in [6, 6.07) is 5.34. The Kier molecular flexibility index (Phi) is 5.46. The summed E-state index contributed by atoms with van der Waals surface area (Å²) in [7, 11) is 1.50. The summed E-state index contributed by atoms with van der Waals surface area (Å²) in [5.74, 6) is 1.46. The predicted octanol–water partition coefficient (Wildman–Crippen LogP) is 3.68. The van der Waals surface area contributed by atoms with Gasteiger partial charge in [-0.25, -0.2) is 4.39 Å². The Balaban J connectivity index is 2.00. The Labute approximate surface area is 119 Å². The van der Waals surface area contributed by atoms with Crippen molar-refractivity contribution < 1.29 is 9.13 Å². The molecule has 0 amide bonds. The highest BCUT2D eigenvalue weighted by Gasteiger charge is 2.20. The zero-order chi connectivity index (χ0) is 13.7. The fraction of sp³-hybridized carbons (Fsp3) is 0.600. The van der Waals surface area contributed by atoms with Crippen LogP contribution in [-0.4, -0.2) is 31.0 Å². The molecule has 1 unspecified atom stereocenters. The first-order chi connectivity index (χ1) is 9.24. The van der Waals surface area contributed by atoms with Crippen molar-refractivity contribution in [2.75, 3.05) is 26.1 Å². The maximum absolute atomic E-state index is 14.1. The van der Waals surface area contributed by atoms with Crippen molar-refractivity contribution in [2.45, 2.75) is 25.8 Å². The first-order valence-electron chi connectivity index (χ1n) is 6.84. The Morgan fingerprint density at radius 3 is 3.05 bits per heavy atom. The van der Waals surface area contributed by atoms with Crippen LogP contribution in [0.1, 0.15) is 24.8 Å². The molecule has 2 nitrogen and oxygen atoms in total.